The lowest BCUT2D eigenvalue weighted by molar-refractivity contribution is -0.137. The molecule has 0 saturated carbocycles. The zero-order chi connectivity index (χ0) is 19.9. The van der Waals surface area contributed by atoms with Crippen LogP contribution in [-0.2, 0) is 6.18 Å². The van der Waals surface area contributed by atoms with Gasteiger partial charge in [0.05, 0.1) is 41.5 Å². The maximum Gasteiger partial charge on any atom is 0.416 e. The highest BCUT2D eigenvalue weighted by Crippen LogP contribution is 2.44. The van der Waals surface area contributed by atoms with Crippen molar-refractivity contribution >= 4 is 5.57 Å². The van der Waals surface area contributed by atoms with Crippen LogP contribution in [-0.4, -0.2) is 9.97 Å². The maximum absolute atomic E-state index is 12.8. The van der Waals surface area contributed by atoms with Crippen LogP contribution < -0.4 is 0 Å². The Bertz CT molecular complexity index is 1190. The van der Waals surface area contributed by atoms with E-state index < -0.39 is 11.7 Å². The summed E-state index contributed by atoms with van der Waals surface area (Å²) in [5, 5.41) is 9.35. The SMILES string of the molecule is [C-]#[N+]C(C#N)=C1c2ccccc2-c2ncc(-c3ccc(C(F)(F)F)cc3)nc21. The second kappa shape index (κ2) is 6.33. The Morgan fingerprint density at radius 2 is 1.68 bits per heavy atom. The molecule has 1 aliphatic rings. The molecule has 0 spiro atoms. The number of fused-ring (bicyclic) bond motifs is 3. The molecule has 28 heavy (non-hydrogen) atoms. The molecule has 134 valence electrons. The molecule has 0 radical (unpaired) electrons. The monoisotopic (exact) mass is 374 g/mol. The second-order valence-corrected chi connectivity index (χ2v) is 6.02. The van der Waals surface area contributed by atoms with Gasteiger partial charge in [0, 0.05) is 16.7 Å². The van der Waals surface area contributed by atoms with E-state index in [1.165, 1.54) is 18.3 Å². The van der Waals surface area contributed by atoms with E-state index >= 15 is 0 Å². The number of rotatable bonds is 1. The van der Waals surface area contributed by atoms with Crippen LogP contribution >= 0.6 is 0 Å². The molecule has 1 aromatic heterocycles. The fourth-order valence-electron chi connectivity index (χ4n) is 3.14. The summed E-state index contributed by atoms with van der Waals surface area (Å²) in [6, 6.07) is 13.7. The summed E-state index contributed by atoms with van der Waals surface area (Å²) < 4.78 is 38.3. The first-order valence-electron chi connectivity index (χ1n) is 8.10. The van der Waals surface area contributed by atoms with Gasteiger partial charge in [0.2, 0.25) is 0 Å². The Morgan fingerprint density at radius 1 is 1.00 bits per heavy atom. The van der Waals surface area contributed by atoms with Crippen molar-refractivity contribution in [2.45, 2.75) is 6.18 Å². The van der Waals surface area contributed by atoms with Crippen LogP contribution in [0.15, 0.2) is 60.4 Å². The highest BCUT2D eigenvalue weighted by Gasteiger charge is 2.31. The Balaban J connectivity index is 1.89. The van der Waals surface area contributed by atoms with E-state index in [4.69, 9.17) is 6.57 Å². The number of nitriles is 1. The molecular formula is C21H9F3N4. The first-order valence-corrected chi connectivity index (χ1v) is 8.10. The molecule has 0 saturated heterocycles. The summed E-state index contributed by atoms with van der Waals surface area (Å²) >= 11 is 0. The Labute approximate surface area is 158 Å². The van der Waals surface area contributed by atoms with Crippen molar-refractivity contribution in [2.24, 2.45) is 0 Å². The van der Waals surface area contributed by atoms with E-state index in [2.05, 4.69) is 14.8 Å². The van der Waals surface area contributed by atoms with Gasteiger partial charge in [0.1, 0.15) is 0 Å². The molecule has 2 aromatic carbocycles. The van der Waals surface area contributed by atoms with Gasteiger partial charge in [0.15, 0.2) is 0 Å². The number of hydrogen-bond donors (Lipinski definition) is 0. The molecule has 1 heterocycles. The molecule has 0 aliphatic heterocycles. The van der Waals surface area contributed by atoms with Crippen molar-refractivity contribution in [1.82, 2.24) is 9.97 Å². The topological polar surface area (TPSA) is 53.9 Å². The number of alkyl halides is 3. The highest BCUT2D eigenvalue weighted by molar-refractivity contribution is 6.01. The lowest BCUT2D eigenvalue weighted by atomic mass is 10.0. The third-order valence-electron chi connectivity index (χ3n) is 4.42. The Hall–Kier alpha value is -3.97. The van der Waals surface area contributed by atoms with Gasteiger partial charge in [0.25, 0.3) is 5.70 Å². The molecule has 7 heteroatoms. The zero-order valence-corrected chi connectivity index (χ0v) is 14.1. The molecule has 0 amide bonds. The van der Waals surface area contributed by atoms with Crippen LogP contribution in [0.4, 0.5) is 13.2 Å². The molecular weight excluding hydrogens is 365 g/mol. The van der Waals surface area contributed by atoms with Gasteiger partial charge in [-0.25, -0.2) is 15.1 Å². The number of allylic oxidation sites excluding steroid dienone is 1. The van der Waals surface area contributed by atoms with Crippen molar-refractivity contribution in [2.75, 3.05) is 0 Å². The third-order valence-corrected chi connectivity index (χ3v) is 4.42. The van der Waals surface area contributed by atoms with Gasteiger partial charge in [-0.1, -0.05) is 36.4 Å². The lowest BCUT2D eigenvalue weighted by Gasteiger charge is -2.08. The zero-order valence-electron chi connectivity index (χ0n) is 14.1. The molecule has 0 bridgehead atoms. The smallest absolute Gasteiger partial charge is 0.252 e. The van der Waals surface area contributed by atoms with Crippen LogP contribution in [0.1, 0.15) is 16.8 Å². The van der Waals surface area contributed by atoms with Crippen molar-refractivity contribution in [3.63, 3.8) is 0 Å². The lowest BCUT2D eigenvalue weighted by Crippen LogP contribution is -2.04. The molecule has 1 aliphatic carbocycles. The first kappa shape index (κ1) is 17.4. The van der Waals surface area contributed by atoms with E-state index in [0.29, 0.717) is 33.8 Å². The Kier molecular flexibility index (Phi) is 3.94. The summed E-state index contributed by atoms with van der Waals surface area (Å²) in [6.07, 6.45) is -2.94. The molecule has 0 atom stereocenters. The van der Waals surface area contributed by atoms with Gasteiger partial charge in [-0.05, 0) is 17.7 Å². The number of halogens is 3. The molecule has 0 N–H and O–H groups in total. The fraction of sp³-hybridized carbons (Fsp3) is 0.0476. The average molecular weight is 374 g/mol. The van der Waals surface area contributed by atoms with Gasteiger partial charge in [-0.2, -0.15) is 13.2 Å². The maximum atomic E-state index is 12.8. The summed E-state index contributed by atoms with van der Waals surface area (Å²) in [6.45, 7) is 7.30. The minimum absolute atomic E-state index is 0.106. The fourth-order valence-corrected chi connectivity index (χ4v) is 3.14. The van der Waals surface area contributed by atoms with Gasteiger partial charge < -0.3 is 0 Å². The van der Waals surface area contributed by atoms with Gasteiger partial charge >= 0.3 is 6.18 Å². The normalized spacial score (nSPS) is 13.9. The van der Waals surface area contributed by atoms with Crippen molar-refractivity contribution in [3.8, 4) is 28.6 Å². The Morgan fingerprint density at radius 3 is 2.29 bits per heavy atom. The first-order chi connectivity index (χ1) is 13.4. The van der Waals surface area contributed by atoms with Crippen molar-refractivity contribution < 1.29 is 13.2 Å². The van der Waals surface area contributed by atoms with Gasteiger partial charge in [-0.15, -0.1) is 0 Å². The van der Waals surface area contributed by atoms with E-state index in [0.717, 1.165) is 17.7 Å². The van der Waals surface area contributed by atoms with E-state index in [9.17, 15) is 18.4 Å². The van der Waals surface area contributed by atoms with Crippen LogP contribution in [0, 0.1) is 17.9 Å². The molecule has 4 rings (SSSR count). The van der Waals surface area contributed by atoms with Crippen LogP contribution in [0.3, 0.4) is 0 Å². The minimum Gasteiger partial charge on any atom is -0.252 e. The highest BCUT2D eigenvalue weighted by atomic mass is 19.4. The number of aromatic nitrogens is 2. The molecule has 0 unspecified atom stereocenters. The van der Waals surface area contributed by atoms with Gasteiger partial charge in [-0.3, -0.25) is 4.98 Å². The van der Waals surface area contributed by atoms with E-state index in [1.54, 1.807) is 12.1 Å². The second-order valence-electron chi connectivity index (χ2n) is 6.02. The predicted octanol–water partition coefficient (Wildman–Crippen LogP) is 5.35. The van der Waals surface area contributed by atoms with Crippen LogP contribution in [0.2, 0.25) is 0 Å². The van der Waals surface area contributed by atoms with E-state index in [-0.39, 0.29) is 5.70 Å². The standard InChI is InChI=1S/C21H9F3N4/c1-26-16(10-25)18-14-4-2-3-5-15(14)19-20(18)28-17(11-27-19)12-6-8-13(9-7-12)21(22,23)24/h2-9,11H. The molecule has 0 fully saturated rings. The molecule has 4 nitrogen and oxygen atoms in total. The van der Waals surface area contributed by atoms with Crippen molar-refractivity contribution in [3.05, 3.63) is 88.7 Å². The van der Waals surface area contributed by atoms with Crippen LogP contribution in [0.25, 0.3) is 32.9 Å². The third kappa shape index (κ3) is 2.70. The summed E-state index contributed by atoms with van der Waals surface area (Å²) in [5.41, 5.74) is 2.72. The molecule has 3 aromatic rings. The predicted molar refractivity (Wildman–Crippen MR) is 96.1 cm³/mol. The largest absolute Gasteiger partial charge is 0.416 e. The average Bonchev–Trinajstić information content (AvgIpc) is 3.03. The van der Waals surface area contributed by atoms with Crippen LogP contribution in [0.5, 0.6) is 0 Å². The number of hydrogen-bond acceptors (Lipinski definition) is 3. The summed E-state index contributed by atoms with van der Waals surface area (Å²) in [5.74, 6) is 0. The number of nitrogens with zero attached hydrogens (tertiary/aromatic N) is 4. The summed E-state index contributed by atoms with van der Waals surface area (Å²) in [4.78, 5) is 12.3. The van der Waals surface area contributed by atoms with Crippen molar-refractivity contribution in [1.29, 1.82) is 5.26 Å². The number of benzene rings is 2. The quantitative estimate of drug-likeness (QED) is 0.334. The van der Waals surface area contributed by atoms with E-state index in [1.807, 2.05) is 18.2 Å². The minimum atomic E-state index is -4.42. The summed E-state index contributed by atoms with van der Waals surface area (Å²) in [7, 11) is 0.